The monoisotopic (exact) mass is 310 g/mol. The maximum atomic E-state index is 11.9. The van der Waals surface area contributed by atoms with E-state index in [-0.39, 0.29) is 12.5 Å². The number of hydrogen-bond donors (Lipinski definition) is 0. The highest BCUT2D eigenvalue weighted by molar-refractivity contribution is 5.76. The van der Waals surface area contributed by atoms with Crippen LogP contribution in [-0.2, 0) is 11.3 Å². The highest BCUT2D eigenvalue weighted by Gasteiger charge is 2.15. The van der Waals surface area contributed by atoms with Gasteiger partial charge >= 0.3 is 0 Å². The topological polar surface area (TPSA) is 64.2 Å². The Morgan fingerprint density at radius 2 is 1.96 bits per heavy atom. The highest BCUT2D eigenvalue weighted by Crippen LogP contribution is 2.23. The SMILES string of the molecule is Cc1ccc(-c2noc(-c3cccn3CC(=O)N(C)C)n2)cc1. The Kier molecular flexibility index (Phi) is 3.97. The Morgan fingerprint density at radius 3 is 2.65 bits per heavy atom. The molecule has 3 aromatic rings. The lowest BCUT2D eigenvalue weighted by Crippen LogP contribution is -2.26. The largest absolute Gasteiger partial charge is 0.347 e. The van der Waals surface area contributed by atoms with Crippen molar-refractivity contribution in [3.63, 3.8) is 0 Å². The minimum atomic E-state index is 0.000670. The summed E-state index contributed by atoms with van der Waals surface area (Å²) in [5, 5.41) is 4.03. The first-order chi connectivity index (χ1) is 11.0. The fraction of sp³-hybridized carbons (Fsp3) is 0.235. The Labute approximate surface area is 134 Å². The van der Waals surface area contributed by atoms with E-state index in [4.69, 9.17) is 4.52 Å². The van der Waals surface area contributed by atoms with Gasteiger partial charge in [-0.1, -0.05) is 35.0 Å². The molecule has 2 aromatic heterocycles. The lowest BCUT2D eigenvalue weighted by molar-refractivity contribution is -0.129. The lowest BCUT2D eigenvalue weighted by Gasteiger charge is -2.11. The van der Waals surface area contributed by atoms with Crippen molar-refractivity contribution in [1.29, 1.82) is 0 Å². The number of likely N-dealkylation sites (N-methyl/N-ethyl adjacent to an activating group) is 1. The third-order valence-corrected chi connectivity index (χ3v) is 3.59. The average molecular weight is 310 g/mol. The third kappa shape index (κ3) is 3.15. The van der Waals surface area contributed by atoms with Crippen LogP contribution in [0.2, 0.25) is 0 Å². The quantitative estimate of drug-likeness (QED) is 0.743. The van der Waals surface area contributed by atoms with E-state index in [1.165, 1.54) is 5.56 Å². The molecule has 0 aliphatic carbocycles. The molecule has 0 aliphatic heterocycles. The molecule has 1 aromatic carbocycles. The van der Waals surface area contributed by atoms with Gasteiger partial charge in [-0.05, 0) is 19.1 Å². The Bertz CT molecular complexity index is 815. The molecular formula is C17H18N4O2. The van der Waals surface area contributed by atoms with Gasteiger partial charge < -0.3 is 14.0 Å². The lowest BCUT2D eigenvalue weighted by atomic mass is 10.1. The minimum absolute atomic E-state index is 0.000670. The van der Waals surface area contributed by atoms with Gasteiger partial charge in [0.25, 0.3) is 5.89 Å². The number of aryl methyl sites for hydroxylation is 1. The van der Waals surface area contributed by atoms with Gasteiger partial charge in [0.1, 0.15) is 12.2 Å². The second kappa shape index (κ2) is 6.08. The number of amides is 1. The van der Waals surface area contributed by atoms with Gasteiger partial charge in [-0.25, -0.2) is 0 Å². The summed E-state index contributed by atoms with van der Waals surface area (Å²) in [6, 6.07) is 11.6. The van der Waals surface area contributed by atoms with Crippen molar-refractivity contribution in [2.45, 2.75) is 13.5 Å². The van der Waals surface area contributed by atoms with E-state index in [1.807, 2.05) is 49.5 Å². The Balaban J connectivity index is 1.88. The predicted molar refractivity (Wildman–Crippen MR) is 86.6 cm³/mol. The van der Waals surface area contributed by atoms with Crippen molar-refractivity contribution in [1.82, 2.24) is 19.6 Å². The van der Waals surface area contributed by atoms with E-state index < -0.39 is 0 Å². The Hall–Kier alpha value is -2.89. The fourth-order valence-electron chi connectivity index (χ4n) is 2.18. The summed E-state index contributed by atoms with van der Waals surface area (Å²) in [4.78, 5) is 17.9. The van der Waals surface area contributed by atoms with E-state index >= 15 is 0 Å². The molecule has 0 unspecified atom stereocenters. The molecule has 0 saturated carbocycles. The van der Waals surface area contributed by atoms with Gasteiger partial charge in [0.05, 0.1) is 0 Å². The summed E-state index contributed by atoms with van der Waals surface area (Å²) in [5.74, 6) is 0.935. The van der Waals surface area contributed by atoms with Crippen LogP contribution in [0.25, 0.3) is 23.0 Å². The van der Waals surface area contributed by atoms with E-state index in [0.717, 1.165) is 11.3 Å². The van der Waals surface area contributed by atoms with Crippen LogP contribution >= 0.6 is 0 Å². The maximum absolute atomic E-state index is 11.9. The van der Waals surface area contributed by atoms with Crippen LogP contribution in [0.4, 0.5) is 0 Å². The molecule has 23 heavy (non-hydrogen) atoms. The number of benzene rings is 1. The summed E-state index contributed by atoms with van der Waals surface area (Å²) in [6.07, 6.45) is 1.83. The molecule has 1 amide bonds. The number of nitrogens with zero attached hydrogens (tertiary/aromatic N) is 4. The van der Waals surface area contributed by atoms with Gasteiger partial charge in [0, 0.05) is 25.9 Å². The maximum Gasteiger partial charge on any atom is 0.274 e. The smallest absolute Gasteiger partial charge is 0.274 e. The molecule has 0 N–H and O–H groups in total. The van der Waals surface area contributed by atoms with Gasteiger partial charge in [-0.3, -0.25) is 4.79 Å². The van der Waals surface area contributed by atoms with Crippen molar-refractivity contribution < 1.29 is 9.32 Å². The zero-order valence-corrected chi connectivity index (χ0v) is 13.4. The van der Waals surface area contributed by atoms with Crippen LogP contribution in [0.5, 0.6) is 0 Å². The molecule has 6 heteroatoms. The van der Waals surface area contributed by atoms with Crippen LogP contribution in [0.1, 0.15) is 5.56 Å². The van der Waals surface area contributed by atoms with E-state index in [2.05, 4.69) is 10.1 Å². The van der Waals surface area contributed by atoms with Gasteiger partial charge in [0.15, 0.2) is 0 Å². The summed E-state index contributed by atoms with van der Waals surface area (Å²) in [6.45, 7) is 2.26. The zero-order chi connectivity index (χ0) is 16.4. The highest BCUT2D eigenvalue weighted by atomic mass is 16.5. The molecule has 0 bridgehead atoms. The van der Waals surface area contributed by atoms with Gasteiger partial charge in [0.2, 0.25) is 11.7 Å². The second-order valence-electron chi connectivity index (χ2n) is 5.60. The number of rotatable bonds is 4. The first-order valence-electron chi connectivity index (χ1n) is 7.31. The molecule has 118 valence electrons. The van der Waals surface area contributed by atoms with Crippen LogP contribution in [0.3, 0.4) is 0 Å². The molecule has 0 aliphatic rings. The molecule has 3 rings (SSSR count). The summed E-state index contributed by atoms with van der Waals surface area (Å²) < 4.78 is 7.17. The van der Waals surface area contributed by atoms with Crippen LogP contribution in [0, 0.1) is 6.92 Å². The third-order valence-electron chi connectivity index (χ3n) is 3.59. The first kappa shape index (κ1) is 15.0. The van der Waals surface area contributed by atoms with Crippen molar-refractivity contribution >= 4 is 5.91 Å². The number of carbonyl (C=O) groups is 1. The second-order valence-corrected chi connectivity index (χ2v) is 5.60. The number of carbonyl (C=O) groups excluding carboxylic acids is 1. The van der Waals surface area contributed by atoms with Crippen LogP contribution in [0.15, 0.2) is 47.1 Å². The number of aromatic nitrogens is 3. The molecule has 6 nitrogen and oxygen atoms in total. The molecule has 0 atom stereocenters. The molecular weight excluding hydrogens is 292 g/mol. The minimum Gasteiger partial charge on any atom is -0.347 e. The average Bonchev–Trinajstić information content (AvgIpc) is 3.16. The van der Waals surface area contributed by atoms with Crippen molar-refractivity contribution in [2.75, 3.05) is 14.1 Å². The standard InChI is InChI=1S/C17H18N4O2/c1-12-6-8-13(9-7-12)16-18-17(23-19-16)14-5-4-10-21(14)11-15(22)20(2)3/h4-10H,11H2,1-3H3. The zero-order valence-electron chi connectivity index (χ0n) is 13.4. The van der Waals surface area contributed by atoms with Crippen LogP contribution < -0.4 is 0 Å². The molecule has 2 heterocycles. The molecule has 0 saturated heterocycles. The summed E-state index contributed by atoms with van der Waals surface area (Å²) in [7, 11) is 3.46. The summed E-state index contributed by atoms with van der Waals surface area (Å²) >= 11 is 0. The molecule has 0 spiro atoms. The van der Waals surface area contributed by atoms with Gasteiger partial charge in [-0.15, -0.1) is 0 Å². The van der Waals surface area contributed by atoms with E-state index in [0.29, 0.717) is 11.7 Å². The van der Waals surface area contributed by atoms with E-state index in [9.17, 15) is 4.79 Å². The summed E-state index contributed by atoms with van der Waals surface area (Å²) in [5.41, 5.74) is 2.80. The van der Waals surface area contributed by atoms with Crippen molar-refractivity contribution in [3.05, 3.63) is 48.2 Å². The Morgan fingerprint density at radius 1 is 1.22 bits per heavy atom. The fourth-order valence-corrected chi connectivity index (χ4v) is 2.18. The van der Waals surface area contributed by atoms with Crippen molar-refractivity contribution in [2.24, 2.45) is 0 Å². The van der Waals surface area contributed by atoms with E-state index in [1.54, 1.807) is 23.6 Å². The first-order valence-corrected chi connectivity index (χ1v) is 7.31. The number of hydrogen-bond acceptors (Lipinski definition) is 4. The predicted octanol–water partition coefficient (Wildman–Crippen LogP) is 2.60. The van der Waals surface area contributed by atoms with Gasteiger partial charge in [-0.2, -0.15) is 4.98 Å². The van der Waals surface area contributed by atoms with Crippen molar-refractivity contribution in [3.8, 4) is 23.0 Å². The molecule has 0 fully saturated rings. The normalized spacial score (nSPS) is 10.7. The van der Waals surface area contributed by atoms with Crippen LogP contribution in [-0.4, -0.2) is 39.6 Å². The molecule has 0 radical (unpaired) electrons.